The first-order chi connectivity index (χ1) is 28.1. The third-order valence-electron chi connectivity index (χ3n) is 11.5. The third kappa shape index (κ3) is 8.88. The first kappa shape index (κ1) is 39.5. The van der Waals surface area contributed by atoms with Crippen molar-refractivity contribution in [3.8, 4) is 0 Å². The van der Waals surface area contributed by atoms with Gasteiger partial charge in [0.15, 0.2) is 5.13 Å². The van der Waals surface area contributed by atoms with Gasteiger partial charge in [-0.1, -0.05) is 35.1 Å². The maximum Gasteiger partial charge on any atom is 0.328 e. The molecule has 58 heavy (non-hydrogen) atoms. The Morgan fingerprint density at radius 3 is 2.45 bits per heavy atom. The summed E-state index contributed by atoms with van der Waals surface area (Å²) in [5.74, 6) is 1.85. The van der Waals surface area contributed by atoms with E-state index in [9.17, 15) is 19.2 Å². The maximum atomic E-state index is 13.4. The maximum absolute atomic E-state index is 13.4. The van der Waals surface area contributed by atoms with Crippen LogP contribution in [0.5, 0.6) is 0 Å². The molecule has 0 aliphatic carbocycles. The first-order valence-corrected chi connectivity index (χ1v) is 21.2. The van der Waals surface area contributed by atoms with Gasteiger partial charge in [-0.05, 0) is 82.0 Å². The minimum absolute atomic E-state index is 0.209. The number of aryl methyl sites for hydroxylation is 2. The number of nitrogens with one attached hydrogen (secondary N) is 3. The Balaban J connectivity index is 0.761. The van der Waals surface area contributed by atoms with Crippen molar-refractivity contribution in [2.24, 2.45) is 0 Å². The summed E-state index contributed by atoms with van der Waals surface area (Å²) < 4.78 is 0. The second-order valence-electron chi connectivity index (χ2n) is 15.3. The Bertz CT molecular complexity index is 2160. The number of para-hydroxylation sites is 1. The molecule has 15 nitrogen and oxygen atoms in total. The highest BCUT2D eigenvalue weighted by Crippen LogP contribution is 2.35. The third-order valence-corrected chi connectivity index (χ3v) is 12.7. The van der Waals surface area contributed by atoms with E-state index in [0.717, 1.165) is 94.3 Å². The fraction of sp³-hybridized carbons (Fsp3) is 0.439. The lowest BCUT2D eigenvalue weighted by atomic mass is 9.89. The zero-order valence-electron chi connectivity index (χ0n) is 32.7. The summed E-state index contributed by atoms with van der Waals surface area (Å²) in [6.07, 6.45) is 6.33. The SMILES string of the molecule is Cc1nc(Nc2ncc(C(=O)Nc3c(C)cccc3Cl)s2)cc(N2CCN(CCCCC(=O)N3CC4CCC3CN4c3ccc(N4CCC(=O)NC4=O)cc3)CC2)n1. The van der Waals surface area contributed by atoms with Crippen LogP contribution in [-0.4, -0.2) is 113 Å². The van der Waals surface area contributed by atoms with Crippen molar-refractivity contribution in [3.63, 3.8) is 0 Å². The quantitative estimate of drug-likeness (QED) is 0.148. The van der Waals surface area contributed by atoms with E-state index in [2.05, 4.69) is 45.5 Å². The number of aromatic nitrogens is 3. The van der Waals surface area contributed by atoms with E-state index < -0.39 is 0 Å². The average molecular weight is 826 g/mol. The van der Waals surface area contributed by atoms with Crippen LogP contribution in [0.15, 0.2) is 54.7 Å². The lowest BCUT2D eigenvalue weighted by molar-refractivity contribution is -0.136. The molecular weight excluding hydrogens is 778 g/mol. The fourth-order valence-electron chi connectivity index (χ4n) is 8.33. The molecule has 2 bridgehead atoms. The molecule has 5 amide bonds. The molecule has 7 heterocycles. The first-order valence-electron chi connectivity index (χ1n) is 20.0. The van der Waals surface area contributed by atoms with E-state index >= 15 is 0 Å². The molecule has 2 aromatic carbocycles. The van der Waals surface area contributed by atoms with E-state index in [4.69, 9.17) is 16.6 Å². The molecule has 5 aliphatic rings. The van der Waals surface area contributed by atoms with Crippen LogP contribution in [0.25, 0.3) is 0 Å². The largest absolute Gasteiger partial charge is 0.365 e. The van der Waals surface area contributed by atoms with E-state index in [0.29, 0.717) is 51.7 Å². The van der Waals surface area contributed by atoms with Crippen LogP contribution in [-0.2, 0) is 9.59 Å². The summed E-state index contributed by atoms with van der Waals surface area (Å²) in [6.45, 7) is 10.2. The zero-order chi connectivity index (χ0) is 40.3. The molecule has 0 saturated carbocycles. The second kappa shape index (κ2) is 17.3. The molecule has 5 aliphatic heterocycles. The number of anilines is 6. The molecule has 2 unspecified atom stereocenters. The predicted octanol–water partition coefficient (Wildman–Crippen LogP) is 5.82. The lowest BCUT2D eigenvalue weighted by Gasteiger charge is -2.52. The summed E-state index contributed by atoms with van der Waals surface area (Å²) >= 11 is 7.54. The van der Waals surface area contributed by atoms with Gasteiger partial charge in [0.2, 0.25) is 11.8 Å². The Hall–Kier alpha value is -5.32. The van der Waals surface area contributed by atoms with E-state index in [-0.39, 0.29) is 35.8 Å². The Morgan fingerprint density at radius 1 is 0.931 bits per heavy atom. The van der Waals surface area contributed by atoms with Crippen molar-refractivity contribution in [1.29, 1.82) is 0 Å². The summed E-state index contributed by atoms with van der Waals surface area (Å²) in [6, 6.07) is 15.5. The molecule has 5 fully saturated rings. The van der Waals surface area contributed by atoms with Crippen LogP contribution in [0.2, 0.25) is 5.02 Å². The number of thiazole rings is 1. The van der Waals surface area contributed by atoms with Gasteiger partial charge in [-0.2, -0.15) is 0 Å². The smallest absolute Gasteiger partial charge is 0.328 e. The number of carbonyl (C=O) groups is 4. The highest BCUT2D eigenvalue weighted by atomic mass is 35.5. The molecule has 304 valence electrons. The van der Waals surface area contributed by atoms with Gasteiger partial charge in [-0.25, -0.2) is 19.7 Å². The molecule has 0 spiro atoms. The number of fused-ring (bicyclic) bond motifs is 3. The van der Waals surface area contributed by atoms with Crippen molar-refractivity contribution in [3.05, 3.63) is 76.0 Å². The van der Waals surface area contributed by atoms with Gasteiger partial charge in [0, 0.05) is 88.2 Å². The predicted molar refractivity (Wildman–Crippen MR) is 227 cm³/mol. The van der Waals surface area contributed by atoms with Gasteiger partial charge in [0.05, 0.1) is 16.9 Å². The highest BCUT2D eigenvalue weighted by Gasteiger charge is 2.41. The minimum Gasteiger partial charge on any atom is -0.365 e. The van der Waals surface area contributed by atoms with Gasteiger partial charge in [-0.15, -0.1) is 0 Å². The van der Waals surface area contributed by atoms with Gasteiger partial charge in [-0.3, -0.25) is 29.5 Å². The van der Waals surface area contributed by atoms with Crippen LogP contribution in [0.4, 0.5) is 38.6 Å². The van der Waals surface area contributed by atoms with Crippen LogP contribution in [0.3, 0.4) is 0 Å². The summed E-state index contributed by atoms with van der Waals surface area (Å²) in [5.41, 5.74) is 3.34. The minimum atomic E-state index is -0.380. The van der Waals surface area contributed by atoms with Gasteiger partial charge in [0.25, 0.3) is 5.91 Å². The Kier molecular flexibility index (Phi) is 11.8. The number of piperazine rings is 2. The summed E-state index contributed by atoms with van der Waals surface area (Å²) in [4.78, 5) is 75.2. The Labute approximate surface area is 346 Å². The standard InChI is InChI=1S/C41H48ClN11O4S/c1-26-6-5-7-32(42)38(26)48-39(56)33-23-43-40(58-33)46-34-22-35(45-27(2)44-34)50-20-18-49(19-21-50)16-4-3-8-37(55)53-25-30-13-14-31(53)24-52(30)29-11-9-28(10-12-29)51-17-15-36(54)47-41(51)57/h5-7,9-12,22-23,30-31H,3-4,8,13-21,24-25H2,1-2H3,(H,48,56)(H,47,54,57)(H,43,44,45,46). The van der Waals surface area contributed by atoms with E-state index in [1.165, 1.54) is 11.3 Å². The number of carbonyl (C=O) groups excluding carboxylic acids is 4. The van der Waals surface area contributed by atoms with Crippen LogP contribution in [0.1, 0.15) is 59.6 Å². The van der Waals surface area contributed by atoms with Gasteiger partial charge in [0.1, 0.15) is 22.3 Å². The number of imide groups is 1. The highest BCUT2D eigenvalue weighted by molar-refractivity contribution is 7.17. The molecule has 9 rings (SSSR count). The number of hydrogen-bond acceptors (Lipinski definition) is 12. The van der Waals surface area contributed by atoms with Crippen molar-refractivity contribution in [2.45, 2.75) is 64.5 Å². The number of piperidine rings is 2. The van der Waals surface area contributed by atoms with Crippen LogP contribution >= 0.6 is 22.9 Å². The second-order valence-corrected chi connectivity index (χ2v) is 16.8. The van der Waals surface area contributed by atoms with Crippen LogP contribution < -0.4 is 30.7 Å². The molecular formula is C41H48ClN11O4S. The zero-order valence-corrected chi connectivity index (χ0v) is 34.3. The normalized spacial score (nSPS) is 19.7. The van der Waals surface area contributed by atoms with Crippen molar-refractivity contribution >= 4 is 80.5 Å². The molecule has 17 heteroatoms. The molecule has 4 aromatic rings. The number of nitrogens with zero attached hydrogens (tertiary/aromatic N) is 8. The number of benzene rings is 2. The number of halogens is 1. The molecule has 5 saturated heterocycles. The Morgan fingerprint density at radius 2 is 1.71 bits per heavy atom. The topological polar surface area (TPSA) is 159 Å². The number of amides is 5. The van der Waals surface area contributed by atoms with Gasteiger partial charge < -0.3 is 25.3 Å². The van der Waals surface area contributed by atoms with Crippen LogP contribution in [0, 0.1) is 13.8 Å². The van der Waals surface area contributed by atoms with E-state index in [1.54, 1.807) is 17.2 Å². The number of rotatable bonds is 12. The molecule has 3 N–H and O–H groups in total. The van der Waals surface area contributed by atoms with E-state index in [1.807, 2.05) is 56.3 Å². The number of hydrogen-bond donors (Lipinski definition) is 3. The van der Waals surface area contributed by atoms with Crippen molar-refractivity contribution < 1.29 is 19.2 Å². The van der Waals surface area contributed by atoms with Gasteiger partial charge >= 0.3 is 6.03 Å². The molecule has 2 atom stereocenters. The average Bonchev–Trinajstić information content (AvgIpc) is 3.69. The van der Waals surface area contributed by atoms with Crippen molar-refractivity contribution in [2.75, 3.05) is 77.7 Å². The molecule has 0 radical (unpaired) electrons. The molecule has 2 aromatic heterocycles. The monoisotopic (exact) mass is 825 g/mol. The van der Waals surface area contributed by atoms with Crippen molar-refractivity contribution in [1.82, 2.24) is 30.1 Å². The summed E-state index contributed by atoms with van der Waals surface area (Å²) in [7, 11) is 0. The number of unbranched alkanes of at least 4 members (excludes halogenated alkanes) is 1. The summed E-state index contributed by atoms with van der Waals surface area (Å²) in [5, 5.41) is 9.57. The lowest BCUT2D eigenvalue weighted by Crippen LogP contribution is -2.64. The fourth-order valence-corrected chi connectivity index (χ4v) is 9.32. The number of urea groups is 1.